The van der Waals surface area contributed by atoms with Crippen LogP contribution in [0.5, 0.6) is 11.5 Å². The first-order chi connectivity index (χ1) is 15.7. The number of esters is 1. The van der Waals surface area contributed by atoms with Gasteiger partial charge < -0.3 is 19.1 Å². The van der Waals surface area contributed by atoms with Crippen molar-refractivity contribution < 1.29 is 32.2 Å². The van der Waals surface area contributed by atoms with E-state index >= 15 is 0 Å². The van der Waals surface area contributed by atoms with Crippen molar-refractivity contribution in [2.75, 3.05) is 32.6 Å². The van der Waals surface area contributed by atoms with Gasteiger partial charge >= 0.3 is 5.97 Å². The highest BCUT2D eigenvalue weighted by atomic mass is 32.2. The maximum absolute atomic E-state index is 13.4. The summed E-state index contributed by atoms with van der Waals surface area (Å²) in [5.74, 6) is -0.526. The molecule has 2 aromatic carbocycles. The second kappa shape index (κ2) is 11.4. The van der Waals surface area contributed by atoms with Crippen LogP contribution in [0.15, 0.2) is 47.4 Å². The predicted molar refractivity (Wildman–Crippen MR) is 125 cm³/mol. The number of benzene rings is 2. The van der Waals surface area contributed by atoms with Crippen LogP contribution in [0.2, 0.25) is 0 Å². The summed E-state index contributed by atoms with van der Waals surface area (Å²) in [6, 6.07) is 9.72. The molecule has 0 fully saturated rings. The predicted octanol–water partition coefficient (Wildman–Crippen LogP) is 3.06. The van der Waals surface area contributed by atoms with Crippen molar-refractivity contribution in [2.45, 2.75) is 25.3 Å². The summed E-state index contributed by atoms with van der Waals surface area (Å²) < 4.78 is 44.6. The van der Waals surface area contributed by atoms with Crippen molar-refractivity contribution in [1.82, 2.24) is 4.90 Å². The smallest absolute Gasteiger partial charge is 0.330 e. The number of sulfonamides is 1. The molecular weight excluding hydrogens is 448 g/mol. The van der Waals surface area contributed by atoms with Gasteiger partial charge in [-0.15, -0.1) is 0 Å². The number of nitrogens with zero attached hydrogens (tertiary/aromatic N) is 1. The van der Waals surface area contributed by atoms with Gasteiger partial charge in [-0.3, -0.25) is 9.52 Å². The number of anilines is 1. The summed E-state index contributed by atoms with van der Waals surface area (Å²) >= 11 is 0. The Morgan fingerprint density at radius 2 is 1.79 bits per heavy atom. The number of carbonyl (C=O) groups excluding carboxylic acids is 2. The molecule has 0 radical (unpaired) electrons. The molecule has 0 heterocycles. The summed E-state index contributed by atoms with van der Waals surface area (Å²) in [6.07, 6.45) is 2.58. The standard InChI is InChI=1S/C23H28N2O7S/c1-6-25(16(2)26)15-18-9-7-8-10-19(18)24-33(28,29)21-14-17(11-12-22(27)31-4)13-20(30-3)23(21)32-5/h7-14,24H,6,15H2,1-5H3/b12-11+. The number of carbonyl (C=O) groups is 2. The third-order valence-corrected chi connectivity index (χ3v) is 6.19. The van der Waals surface area contributed by atoms with Crippen LogP contribution in [0.3, 0.4) is 0 Å². The minimum absolute atomic E-state index is 0.0108. The average molecular weight is 477 g/mol. The van der Waals surface area contributed by atoms with Crippen molar-refractivity contribution >= 4 is 33.7 Å². The van der Waals surface area contributed by atoms with E-state index in [9.17, 15) is 18.0 Å². The zero-order chi connectivity index (χ0) is 24.6. The second-order valence-electron chi connectivity index (χ2n) is 6.91. The molecule has 0 bridgehead atoms. The number of para-hydroxylation sites is 1. The van der Waals surface area contributed by atoms with Gasteiger partial charge in [0.2, 0.25) is 5.91 Å². The molecule has 0 aromatic heterocycles. The summed E-state index contributed by atoms with van der Waals surface area (Å²) in [4.78, 5) is 24.7. The van der Waals surface area contributed by atoms with Crippen molar-refractivity contribution in [3.63, 3.8) is 0 Å². The quantitative estimate of drug-likeness (QED) is 0.414. The number of ether oxygens (including phenoxy) is 3. The molecule has 2 rings (SSSR count). The normalized spacial score (nSPS) is 11.2. The van der Waals surface area contributed by atoms with Gasteiger partial charge in [-0.25, -0.2) is 13.2 Å². The van der Waals surface area contributed by atoms with Gasteiger partial charge in [0.25, 0.3) is 10.0 Å². The Balaban J connectivity index is 2.53. The fraction of sp³-hybridized carbons (Fsp3) is 0.304. The molecule has 0 unspecified atom stereocenters. The van der Waals surface area contributed by atoms with Gasteiger partial charge in [-0.05, 0) is 42.3 Å². The largest absolute Gasteiger partial charge is 0.493 e. The van der Waals surface area contributed by atoms with Crippen molar-refractivity contribution in [2.24, 2.45) is 0 Å². The lowest BCUT2D eigenvalue weighted by atomic mass is 10.1. The lowest BCUT2D eigenvalue weighted by Crippen LogP contribution is -2.28. The molecule has 0 atom stereocenters. The Labute approximate surface area is 194 Å². The summed E-state index contributed by atoms with van der Waals surface area (Å²) in [5, 5.41) is 0. The molecule has 2 aromatic rings. The fourth-order valence-electron chi connectivity index (χ4n) is 3.09. The van der Waals surface area contributed by atoms with Crippen molar-refractivity contribution in [3.8, 4) is 11.5 Å². The van der Waals surface area contributed by atoms with Gasteiger partial charge in [0.1, 0.15) is 4.90 Å². The van der Waals surface area contributed by atoms with E-state index in [0.717, 1.165) is 0 Å². The van der Waals surface area contributed by atoms with Crippen LogP contribution in [-0.2, 0) is 30.9 Å². The van der Waals surface area contributed by atoms with Gasteiger partial charge in [-0.2, -0.15) is 0 Å². The van der Waals surface area contributed by atoms with Gasteiger partial charge in [0, 0.05) is 26.1 Å². The van der Waals surface area contributed by atoms with E-state index < -0.39 is 16.0 Å². The zero-order valence-corrected chi connectivity index (χ0v) is 20.1. The highest BCUT2D eigenvalue weighted by Crippen LogP contribution is 2.37. The number of methoxy groups -OCH3 is 3. The molecule has 0 aliphatic carbocycles. The fourth-order valence-corrected chi connectivity index (χ4v) is 4.40. The first kappa shape index (κ1) is 25.7. The number of nitrogens with one attached hydrogen (secondary N) is 1. The Bertz CT molecular complexity index is 1140. The monoisotopic (exact) mass is 476 g/mol. The lowest BCUT2D eigenvalue weighted by molar-refractivity contribution is -0.134. The molecule has 1 amide bonds. The molecule has 10 heteroatoms. The number of hydrogen-bond acceptors (Lipinski definition) is 7. The van der Waals surface area contributed by atoms with E-state index in [2.05, 4.69) is 9.46 Å². The van der Waals surface area contributed by atoms with Gasteiger partial charge in [0.15, 0.2) is 11.5 Å². The van der Waals surface area contributed by atoms with Crippen LogP contribution in [0.4, 0.5) is 5.69 Å². The van der Waals surface area contributed by atoms with Crippen LogP contribution in [0, 0.1) is 0 Å². The molecule has 0 aliphatic rings. The van der Waals surface area contributed by atoms with Crippen LogP contribution in [-0.4, -0.2) is 53.1 Å². The third-order valence-electron chi connectivity index (χ3n) is 4.82. The molecular formula is C23H28N2O7S. The Kier molecular flexibility index (Phi) is 8.86. The third kappa shape index (κ3) is 6.48. The van der Waals surface area contributed by atoms with Crippen LogP contribution in [0.25, 0.3) is 6.08 Å². The maximum atomic E-state index is 13.4. The average Bonchev–Trinajstić information content (AvgIpc) is 2.80. The highest BCUT2D eigenvalue weighted by Gasteiger charge is 2.25. The van der Waals surface area contributed by atoms with E-state index in [4.69, 9.17) is 9.47 Å². The SMILES string of the molecule is CCN(Cc1ccccc1NS(=O)(=O)c1cc(/C=C/C(=O)OC)cc(OC)c1OC)C(C)=O. The highest BCUT2D eigenvalue weighted by molar-refractivity contribution is 7.92. The number of rotatable bonds is 10. The van der Waals surface area contributed by atoms with Crippen molar-refractivity contribution in [3.05, 3.63) is 53.6 Å². The van der Waals surface area contributed by atoms with Gasteiger partial charge in [0.05, 0.1) is 27.0 Å². The van der Waals surface area contributed by atoms with E-state index in [1.54, 1.807) is 29.2 Å². The molecule has 0 saturated carbocycles. The molecule has 178 valence electrons. The summed E-state index contributed by atoms with van der Waals surface area (Å²) in [5.41, 5.74) is 1.35. The molecule has 0 spiro atoms. The van der Waals surface area contributed by atoms with Crippen LogP contribution >= 0.6 is 0 Å². The number of hydrogen-bond donors (Lipinski definition) is 1. The minimum atomic E-state index is -4.15. The van der Waals surface area contributed by atoms with Crippen LogP contribution < -0.4 is 14.2 Å². The summed E-state index contributed by atoms with van der Waals surface area (Å²) in [7, 11) is -0.194. The second-order valence-corrected chi connectivity index (χ2v) is 8.56. The van der Waals surface area contributed by atoms with E-state index in [1.165, 1.54) is 52.5 Å². The Morgan fingerprint density at radius 1 is 1.09 bits per heavy atom. The Hall–Kier alpha value is -3.53. The van der Waals surface area contributed by atoms with E-state index in [1.807, 2.05) is 6.92 Å². The first-order valence-electron chi connectivity index (χ1n) is 10.0. The van der Waals surface area contributed by atoms with Crippen LogP contribution in [0.1, 0.15) is 25.0 Å². The maximum Gasteiger partial charge on any atom is 0.330 e. The van der Waals surface area contributed by atoms with E-state index in [-0.39, 0.29) is 28.8 Å². The summed E-state index contributed by atoms with van der Waals surface area (Å²) in [6.45, 7) is 4.03. The lowest BCUT2D eigenvalue weighted by Gasteiger charge is -2.21. The Morgan fingerprint density at radius 3 is 2.36 bits per heavy atom. The molecule has 1 N–H and O–H groups in total. The number of amides is 1. The minimum Gasteiger partial charge on any atom is -0.493 e. The van der Waals surface area contributed by atoms with E-state index in [0.29, 0.717) is 23.4 Å². The molecule has 9 nitrogen and oxygen atoms in total. The molecule has 33 heavy (non-hydrogen) atoms. The molecule has 0 aliphatic heterocycles. The zero-order valence-electron chi connectivity index (χ0n) is 19.2. The van der Waals surface area contributed by atoms with Crippen molar-refractivity contribution in [1.29, 1.82) is 0 Å². The van der Waals surface area contributed by atoms with Gasteiger partial charge in [-0.1, -0.05) is 18.2 Å². The molecule has 0 saturated heterocycles. The first-order valence-corrected chi connectivity index (χ1v) is 11.5. The topological polar surface area (TPSA) is 111 Å².